The summed E-state index contributed by atoms with van der Waals surface area (Å²) in [6.07, 6.45) is 0. The van der Waals surface area contributed by atoms with Crippen LogP contribution in [0.5, 0.6) is 0 Å². The smallest absolute Gasteiger partial charge is 0.273 e. The molecule has 0 saturated heterocycles. The summed E-state index contributed by atoms with van der Waals surface area (Å²) >= 11 is 0. The molecule has 5 heteroatoms. The van der Waals surface area contributed by atoms with Gasteiger partial charge in [0.15, 0.2) is 0 Å². The van der Waals surface area contributed by atoms with Crippen molar-refractivity contribution in [3.8, 4) is 0 Å². The molecule has 0 radical (unpaired) electrons. The molecule has 0 fully saturated rings. The molecular weight excluding hydrogens is 314 g/mol. The highest BCUT2D eigenvalue weighted by Crippen LogP contribution is 2.13. The van der Waals surface area contributed by atoms with Gasteiger partial charge in [-0.1, -0.05) is 36.4 Å². The van der Waals surface area contributed by atoms with Gasteiger partial charge in [0.25, 0.3) is 11.8 Å². The molecular formula is C20H25N3O2. The highest BCUT2D eigenvalue weighted by Gasteiger charge is 2.21. The van der Waals surface area contributed by atoms with Crippen LogP contribution < -0.4 is 5.32 Å². The molecule has 132 valence electrons. The zero-order valence-corrected chi connectivity index (χ0v) is 15.2. The number of aromatic nitrogens is 1. The number of nitrogens with zero attached hydrogens (tertiary/aromatic N) is 2. The van der Waals surface area contributed by atoms with E-state index >= 15 is 0 Å². The van der Waals surface area contributed by atoms with Gasteiger partial charge in [-0.05, 0) is 45.4 Å². The second-order valence-electron chi connectivity index (χ2n) is 6.55. The molecule has 0 unspecified atom stereocenters. The first-order valence-electron chi connectivity index (χ1n) is 8.51. The van der Waals surface area contributed by atoms with Crippen molar-refractivity contribution in [3.63, 3.8) is 0 Å². The summed E-state index contributed by atoms with van der Waals surface area (Å²) in [5.41, 5.74) is 1.59. The standard InChI is InChI=1S/C20H25N3O2/c1-14(2)21-19(24)17-11-8-12-18(22-17)20(25)23(15(3)4)13-16-9-6-5-7-10-16/h5-12,14-15H,13H2,1-4H3,(H,21,24). The number of nitrogens with one attached hydrogen (secondary N) is 1. The van der Waals surface area contributed by atoms with Crippen LogP contribution in [0.25, 0.3) is 0 Å². The van der Waals surface area contributed by atoms with Gasteiger partial charge in [0.2, 0.25) is 0 Å². The molecule has 2 amide bonds. The van der Waals surface area contributed by atoms with E-state index in [2.05, 4.69) is 10.3 Å². The van der Waals surface area contributed by atoms with E-state index in [9.17, 15) is 9.59 Å². The Balaban J connectivity index is 2.23. The van der Waals surface area contributed by atoms with Crippen LogP contribution in [0.1, 0.15) is 54.2 Å². The predicted molar refractivity (Wildman–Crippen MR) is 98.3 cm³/mol. The Kier molecular flexibility index (Phi) is 6.28. The van der Waals surface area contributed by atoms with Crippen molar-refractivity contribution in [2.75, 3.05) is 0 Å². The molecule has 1 N–H and O–H groups in total. The number of hydrogen-bond acceptors (Lipinski definition) is 3. The fourth-order valence-corrected chi connectivity index (χ4v) is 2.43. The molecule has 0 atom stereocenters. The minimum Gasteiger partial charge on any atom is -0.349 e. The van der Waals surface area contributed by atoms with Crippen LogP contribution in [0.4, 0.5) is 0 Å². The highest BCUT2D eigenvalue weighted by molar-refractivity contribution is 5.96. The van der Waals surface area contributed by atoms with Gasteiger partial charge in [0.05, 0.1) is 0 Å². The van der Waals surface area contributed by atoms with E-state index in [1.54, 1.807) is 23.1 Å². The monoisotopic (exact) mass is 339 g/mol. The van der Waals surface area contributed by atoms with E-state index in [4.69, 9.17) is 0 Å². The normalized spacial score (nSPS) is 10.8. The first kappa shape index (κ1) is 18.6. The first-order chi connectivity index (χ1) is 11.9. The van der Waals surface area contributed by atoms with Crippen LogP contribution >= 0.6 is 0 Å². The SMILES string of the molecule is CC(C)NC(=O)c1cccc(C(=O)N(Cc2ccccc2)C(C)C)n1. The number of hydrogen-bond donors (Lipinski definition) is 1. The average Bonchev–Trinajstić information content (AvgIpc) is 2.59. The van der Waals surface area contributed by atoms with Gasteiger partial charge in [-0.2, -0.15) is 0 Å². The molecule has 2 rings (SSSR count). The number of rotatable bonds is 6. The van der Waals surface area contributed by atoms with Crippen LogP contribution in [0.2, 0.25) is 0 Å². The van der Waals surface area contributed by atoms with E-state index in [1.165, 1.54) is 0 Å². The molecule has 2 aromatic rings. The summed E-state index contributed by atoms with van der Waals surface area (Å²) in [4.78, 5) is 31.1. The quantitative estimate of drug-likeness (QED) is 0.878. The van der Waals surface area contributed by atoms with Gasteiger partial charge >= 0.3 is 0 Å². The zero-order valence-electron chi connectivity index (χ0n) is 15.2. The predicted octanol–water partition coefficient (Wildman–Crippen LogP) is 3.27. The Labute approximate surface area is 149 Å². The van der Waals surface area contributed by atoms with Gasteiger partial charge in [-0.3, -0.25) is 9.59 Å². The molecule has 5 nitrogen and oxygen atoms in total. The van der Waals surface area contributed by atoms with Crippen LogP contribution in [0.3, 0.4) is 0 Å². The van der Waals surface area contributed by atoms with Crippen LogP contribution in [-0.4, -0.2) is 33.8 Å². The molecule has 0 bridgehead atoms. The lowest BCUT2D eigenvalue weighted by atomic mass is 10.1. The van der Waals surface area contributed by atoms with Crippen molar-refractivity contribution in [3.05, 3.63) is 65.5 Å². The lowest BCUT2D eigenvalue weighted by molar-refractivity contribution is 0.0684. The largest absolute Gasteiger partial charge is 0.349 e. The number of benzene rings is 1. The van der Waals surface area contributed by atoms with E-state index in [0.29, 0.717) is 6.54 Å². The van der Waals surface area contributed by atoms with Crippen molar-refractivity contribution in [2.45, 2.75) is 46.3 Å². The zero-order chi connectivity index (χ0) is 18.4. The summed E-state index contributed by atoms with van der Waals surface area (Å²) in [5, 5.41) is 2.79. The molecule has 0 saturated carbocycles. The first-order valence-corrected chi connectivity index (χ1v) is 8.51. The van der Waals surface area contributed by atoms with Gasteiger partial charge in [-0.15, -0.1) is 0 Å². The minimum atomic E-state index is -0.274. The van der Waals surface area contributed by atoms with Crippen molar-refractivity contribution in [1.82, 2.24) is 15.2 Å². The van der Waals surface area contributed by atoms with Crippen LogP contribution in [-0.2, 0) is 6.54 Å². The number of amides is 2. The van der Waals surface area contributed by atoms with Gasteiger partial charge in [-0.25, -0.2) is 4.98 Å². The van der Waals surface area contributed by atoms with Crippen molar-refractivity contribution in [2.24, 2.45) is 0 Å². The number of carbonyl (C=O) groups is 2. The topological polar surface area (TPSA) is 62.3 Å². The third-order valence-corrected chi connectivity index (χ3v) is 3.70. The lowest BCUT2D eigenvalue weighted by Crippen LogP contribution is -2.37. The van der Waals surface area contributed by atoms with E-state index in [-0.39, 0.29) is 35.3 Å². The Morgan fingerprint density at radius 3 is 2.20 bits per heavy atom. The molecule has 0 aliphatic carbocycles. The molecule has 0 aliphatic rings. The Hall–Kier alpha value is -2.69. The van der Waals surface area contributed by atoms with Crippen molar-refractivity contribution < 1.29 is 9.59 Å². The second kappa shape index (κ2) is 8.42. The third kappa shape index (κ3) is 5.14. The molecule has 0 spiro atoms. The highest BCUT2D eigenvalue weighted by atomic mass is 16.2. The average molecular weight is 339 g/mol. The Morgan fingerprint density at radius 2 is 1.60 bits per heavy atom. The maximum atomic E-state index is 12.9. The van der Waals surface area contributed by atoms with Crippen LogP contribution in [0, 0.1) is 0 Å². The molecule has 1 heterocycles. The lowest BCUT2D eigenvalue weighted by Gasteiger charge is -2.26. The summed E-state index contributed by atoms with van der Waals surface area (Å²) in [6.45, 7) is 8.20. The molecule has 0 aliphatic heterocycles. The van der Waals surface area contributed by atoms with Gasteiger partial charge in [0.1, 0.15) is 11.4 Å². The fourth-order valence-electron chi connectivity index (χ4n) is 2.43. The summed E-state index contributed by atoms with van der Waals surface area (Å²) < 4.78 is 0. The number of pyridine rings is 1. The second-order valence-corrected chi connectivity index (χ2v) is 6.55. The number of carbonyl (C=O) groups excluding carboxylic acids is 2. The third-order valence-electron chi connectivity index (χ3n) is 3.70. The van der Waals surface area contributed by atoms with Crippen molar-refractivity contribution >= 4 is 11.8 Å². The minimum absolute atomic E-state index is 0.0129. The Bertz CT molecular complexity index is 727. The maximum Gasteiger partial charge on any atom is 0.273 e. The fraction of sp³-hybridized carbons (Fsp3) is 0.350. The maximum absolute atomic E-state index is 12.9. The van der Waals surface area contributed by atoms with Gasteiger partial charge < -0.3 is 10.2 Å². The Morgan fingerprint density at radius 1 is 0.960 bits per heavy atom. The van der Waals surface area contributed by atoms with Crippen molar-refractivity contribution in [1.29, 1.82) is 0 Å². The molecule has 1 aromatic carbocycles. The van der Waals surface area contributed by atoms with E-state index < -0.39 is 0 Å². The summed E-state index contributed by atoms with van der Waals surface area (Å²) in [5.74, 6) is -0.457. The van der Waals surface area contributed by atoms with Gasteiger partial charge in [0, 0.05) is 18.6 Å². The molecule has 1 aromatic heterocycles. The molecule has 25 heavy (non-hydrogen) atoms. The summed E-state index contributed by atoms with van der Waals surface area (Å²) in [6, 6.07) is 14.8. The van der Waals surface area contributed by atoms with Crippen LogP contribution in [0.15, 0.2) is 48.5 Å². The van der Waals surface area contributed by atoms with E-state index in [0.717, 1.165) is 5.56 Å². The van der Waals surface area contributed by atoms with E-state index in [1.807, 2.05) is 58.0 Å². The summed E-state index contributed by atoms with van der Waals surface area (Å²) in [7, 11) is 0.